The van der Waals surface area contributed by atoms with Crippen LogP contribution in [0.5, 0.6) is 0 Å². The van der Waals surface area contributed by atoms with Crippen molar-refractivity contribution >= 4 is 15.9 Å². The molecule has 0 saturated heterocycles. The van der Waals surface area contributed by atoms with Crippen molar-refractivity contribution in [3.63, 3.8) is 0 Å². The number of aryl methyl sites for hydroxylation is 1. The van der Waals surface area contributed by atoms with Crippen molar-refractivity contribution in [3.05, 3.63) is 65.2 Å². The molecule has 0 spiro atoms. The standard InChI is InChI=1S/C18H20F2N2O3S/c1-13-11-14(4-9-17(13)20)12-21-18(23)3-2-10-22-26(24,25)16-7-5-15(19)6-8-16/h4-9,11,22H,2-3,10,12H2,1H3,(H,21,23). The average Bonchev–Trinajstić information content (AvgIpc) is 2.60. The molecule has 140 valence electrons. The van der Waals surface area contributed by atoms with Gasteiger partial charge in [0.1, 0.15) is 11.6 Å². The van der Waals surface area contributed by atoms with E-state index in [4.69, 9.17) is 0 Å². The summed E-state index contributed by atoms with van der Waals surface area (Å²) in [6.07, 6.45) is 0.459. The minimum Gasteiger partial charge on any atom is -0.352 e. The first-order chi connectivity index (χ1) is 12.3. The Labute approximate surface area is 151 Å². The zero-order valence-corrected chi connectivity index (χ0v) is 15.1. The molecule has 8 heteroatoms. The van der Waals surface area contributed by atoms with Gasteiger partial charge in [0, 0.05) is 19.5 Å². The molecule has 0 bridgehead atoms. The van der Waals surface area contributed by atoms with E-state index in [9.17, 15) is 22.0 Å². The number of hydrogen-bond donors (Lipinski definition) is 2. The Morgan fingerprint density at radius 1 is 1.08 bits per heavy atom. The van der Waals surface area contributed by atoms with Gasteiger partial charge in [-0.15, -0.1) is 0 Å². The molecule has 2 N–H and O–H groups in total. The second-order valence-electron chi connectivity index (χ2n) is 5.82. The maximum atomic E-state index is 13.2. The fourth-order valence-electron chi connectivity index (χ4n) is 2.26. The average molecular weight is 382 g/mol. The van der Waals surface area contributed by atoms with Crippen LogP contribution < -0.4 is 10.0 Å². The molecule has 0 heterocycles. The number of carbonyl (C=O) groups is 1. The third-order valence-corrected chi connectivity index (χ3v) is 5.19. The highest BCUT2D eigenvalue weighted by Gasteiger charge is 2.13. The first-order valence-electron chi connectivity index (χ1n) is 8.05. The summed E-state index contributed by atoms with van der Waals surface area (Å²) in [6.45, 7) is 2.01. The van der Waals surface area contributed by atoms with Crippen LogP contribution in [0.2, 0.25) is 0 Å². The molecular weight excluding hydrogens is 362 g/mol. The van der Waals surface area contributed by atoms with Gasteiger partial charge in [-0.1, -0.05) is 12.1 Å². The Balaban J connectivity index is 1.72. The number of rotatable bonds is 8. The highest BCUT2D eigenvalue weighted by atomic mass is 32.2. The molecule has 2 rings (SSSR count). The van der Waals surface area contributed by atoms with Crippen molar-refractivity contribution in [2.45, 2.75) is 31.2 Å². The zero-order valence-electron chi connectivity index (χ0n) is 14.3. The molecule has 0 aliphatic rings. The second-order valence-corrected chi connectivity index (χ2v) is 7.58. The quantitative estimate of drug-likeness (QED) is 0.689. The Hall–Kier alpha value is -2.32. The fraction of sp³-hybridized carbons (Fsp3) is 0.278. The lowest BCUT2D eigenvalue weighted by Crippen LogP contribution is -2.27. The first kappa shape index (κ1) is 20.0. The number of halogens is 2. The van der Waals surface area contributed by atoms with Crippen molar-refractivity contribution < 1.29 is 22.0 Å². The predicted molar refractivity (Wildman–Crippen MR) is 93.8 cm³/mol. The van der Waals surface area contributed by atoms with Gasteiger partial charge in [-0.3, -0.25) is 4.79 Å². The van der Waals surface area contributed by atoms with E-state index in [-0.39, 0.29) is 36.1 Å². The van der Waals surface area contributed by atoms with Crippen LogP contribution in [-0.2, 0) is 21.4 Å². The van der Waals surface area contributed by atoms with Gasteiger partial charge in [0.2, 0.25) is 15.9 Å². The van der Waals surface area contributed by atoms with Gasteiger partial charge in [-0.2, -0.15) is 0 Å². The summed E-state index contributed by atoms with van der Waals surface area (Å²) in [5.74, 6) is -1.04. The number of nitrogens with one attached hydrogen (secondary N) is 2. The highest BCUT2D eigenvalue weighted by Crippen LogP contribution is 2.10. The second kappa shape index (κ2) is 8.86. The Morgan fingerprint density at radius 2 is 1.77 bits per heavy atom. The van der Waals surface area contributed by atoms with Gasteiger partial charge in [0.05, 0.1) is 4.90 Å². The summed E-state index contributed by atoms with van der Waals surface area (Å²) in [6, 6.07) is 9.09. The van der Waals surface area contributed by atoms with Crippen LogP contribution in [0.25, 0.3) is 0 Å². The molecule has 26 heavy (non-hydrogen) atoms. The number of hydrogen-bond acceptors (Lipinski definition) is 3. The fourth-order valence-corrected chi connectivity index (χ4v) is 3.33. The molecule has 0 atom stereocenters. The van der Waals surface area contributed by atoms with Crippen LogP contribution in [0.4, 0.5) is 8.78 Å². The maximum Gasteiger partial charge on any atom is 0.240 e. The van der Waals surface area contributed by atoms with Crippen molar-refractivity contribution in [2.24, 2.45) is 0 Å². The summed E-state index contributed by atoms with van der Waals surface area (Å²) in [4.78, 5) is 11.8. The van der Waals surface area contributed by atoms with Gasteiger partial charge in [0.15, 0.2) is 0 Å². The molecule has 2 aromatic rings. The van der Waals surface area contributed by atoms with Crippen molar-refractivity contribution in [3.8, 4) is 0 Å². The van der Waals surface area contributed by atoms with Crippen molar-refractivity contribution in [1.29, 1.82) is 0 Å². The van der Waals surface area contributed by atoms with Gasteiger partial charge in [-0.25, -0.2) is 21.9 Å². The van der Waals surface area contributed by atoms with Gasteiger partial charge in [-0.05, 0) is 54.8 Å². The Morgan fingerprint density at radius 3 is 2.42 bits per heavy atom. The van der Waals surface area contributed by atoms with Crippen LogP contribution in [0.15, 0.2) is 47.4 Å². The molecule has 5 nitrogen and oxygen atoms in total. The Kier molecular flexibility index (Phi) is 6.82. The maximum absolute atomic E-state index is 13.2. The molecule has 0 saturated carbocycles. The zero-order chi connectivity index (χ0) is 19.2. The molecule has 0 aliphatic carbocycles. The first-order valence-corrected chi connectivity index (χ1v) is 9.53. The van der Waals surface area contributed by atoms with E-state index in [1.807, 2.05) is 0 Å². The topological polar surface area (TPSA) is 75.3 Å². The Bertz CT molecular complexity index is 869. The summed E-state index contributed by atoms with van der Waals surface area (Å²) in [5, 5.41) is 2.70. The van der Waals surface area contributed by atoms with Crippen molar-refractivity contribution in [2.75, 3.05) is 6.54 Å². The lowest BCUT2D eigenvalue weighted by atomic mass is 10.1. The van der Waals surface area contributed by atoms with E-state index in [0.29, 0.717) is 12.0 Å². The molecule has 0 unspecified atom stereocenters. The van der Waals surface area contributed by atoms with Crippen LogP contribution >= 0.6 is 0 Å². The van der Waals surface area contributed by atoms with Crippen molar-refractivity contribution in [1.82, 2.24) is 10.0 Å². The van der Waals surface area contributed by atoms with E-state index in [2.05, 4.69) is 10.0 Å². The molecule has 0 aromatic heterocycles. The SMILES string of the molecule is Cc1cc(CNC(=O)CCCNS(=O)(=O)c2ccc(F)cc2)ccc1F. The van der Waals surface area contributed by atoms with E-state index < -0.39 is 15.8 Å². The van der Waals surface area contributed by atoms with E-state index in [1.165, 1.54) is 18.2 Å². The third kappa shape index (κ3) is 5.89. The van der Waals surface area contributed by atoms with Crippen LogP contribution in [-0.4, -0.2) is 20.9 Å². The smallest absolute Gasteiger partial charge is 0.240 e. The minimum atomic E-state index is -3.72. The summed E-state index contributed by atoms with van der Waals surface area (Å²) < 4.78 is 52.4. The number of carbonyl (C=O) groups excluding carboxylic acids is 1. The largest absolute Gasteiger partial charge is 0.352 e. The van der Waals surface area contributed by atoms with E-state index in [0.717, 1.165) is 17.7 Å². The molecule has 0 radical (unpaired) electrons. The van der Waals surface area contributed by atoms with Gasteiger partial charge >= 0.3 is 0 Å². The third-order valence-electron chi connectivity index (χ3n) is 3.71. The summed E-state index contributed by atoms with van der Waals surface area (Å²) >= 11 is 0. The van der Waals surface area contributed by atoms with E-state index >= 15 is 0 Å². The molecular formula is C18H20F2N2O3S. The van der Waals surface area contributed by atoms with Crippen LogP contribution in [0.3, 0.4) is 0 Å². The number of amides is 1. The number of benzene rings is 2. The minimum absolute atomic E-state index is 0.0324. The van der Waals surface area contributed by atoms with Crippen LogP contribution in [0.1, 0.15) is 24.0 Å². The summed E-state index contributed by atoms with van der Waals surface area (Å²) in [7, 11) is -3.72. The van der Waals surface area contributed by atoms with Crippen LogP contribution in [0, 0.1) is 18.6 Å². The molecule has 2 aromatic carbocycles. The normalized spacial score (nSPS) is 11.3. The van der Waals surface area contributed by atoms with Gasteiger partial charge in [0.25, 0.3) is 0 Å². The lowest BCUT2D eigenvalue weighted by molar-refractivity contribution is -0.121. The molecule has 0 aliphatic heterocycles. The number of sulfonamides is 1. The van der Waals surface area contributed by atoms with Gasteiger partial charge < -0.3 is 5.32 Å². The molecule has 0 fully saturated rings. The molecule has 1 amide bonds. The predicted octanol–water partition coefficient (Wildman–Crippen LogP) is 2.65. The lowest BCUT2D eigenvalue weighted by Gasteiger charge is -2.08. The highest BCUT2D eigenvalue weighted by molar-refractivity contribution is 7.89. The van der Waals surface area contributed by atoms with E-state index in [1.54, 1.807) is 19.1 Å². The monoisotopic (exact) mass is 382 g/mol. The summed E-state index contributed by atoms with van der Waals surface area (Å²) in [5.41, 5.74) is 1.29.